The maximum absolute atomic E-state index is 11.7. The first-order valence-electron chi connectivity index (χ1n) is 16.5. The van der Waals surface area contributed by atoms with Crippen LogP contribution in [0.25, 0.3) is 55.1 Å². The van der Waals surface area contributed by atoms with Crippen molar-refractivity contribution in [3.05, 3.63) is 114 Å². The van der Waals surface area contributed by atoms with E-state index >= 15 is 0 Å². The van der Waals surface area contributed by atoms with E-state index in [1.54, 1.807) is 0 Å². The van der Waals surface area contributed by atoms with Gasteiger partial charge in [-0.05, 0) is 73.7 Å². The first kappa shape index (κ1) is 35.8. The Morgan fingerprint density at radius 2 is 1.51 bits per heavy atom. The third-order valence-corrected chi connectivity index (χ3v) is 9.25. The molecule has 0 saturated carbocycles. The molecule has 0 aliphatic heterocycles. The molecular formula is C42H44IrNO3-. The van der Waals surface area contributed by atoms with Gasteiger partial charge in [0.15, 0.2) is 5.78 Å². The number of fused-ring (bicyclic) bond motifs is 5. The number of benzene rings is 4. The average molecular weight is 803 g/mol. The first-order chi connectivity index (χ1) is 22.3. The topological polar surface area (TPSA) is 63.3 Å². The van der Waals surface area contributed by atoms with Gasteiger partial charge in [-0.2, -0.15) is 0 Å². The van der Waals surface area contributed by atoms with E-state index in [0.717, 1.165) is 59.1 Å². The maximum Gasteiger partial charge on any atom is 0.162 e. The molecule has 0 aliphatic carbocycles. The van der Waals surface area contributed by atoms with Gasteiger partial charge in [0.05, 0.1) is 5.76 Å². The Bertz CT molecular complexity index is 2000. The standard InChI is InChI=1S/C29H20NO.C13H24O2.Ir/c1-18-16-26(30-17-19(18)2)21-12-10-20(11-13-21)22-7-5-8-24-23(22)14-15-28-29(24)25-6-3-4-9-27(25)31-28;1-5-10(6-2)12(14)9-13(15)11(7-3)8-4;/h3-12,14-17H,1-2H3;9-11,14H,5-8H2,1-4H3;/q-1;;/b;12-9-;. The van der Waals surface area contributed by atoms with Crippen LogP contribution in [0.3, 0.4) is 0 Å². The molecule has 6 rings (SSSR count). The van der Waals surface area contributed by atoms with Gasteiger partial charge < -0.3 is 14.5 Å². The fourth-order valence-electron chi connectivity index (χ4n) is 6.14. The van der Waals surface area contributed by atoms with Crippen molar-refractivity contribution >= 4 is 38.5 Å². The number of allylic oxidation sites excluding steroid dienone is 2. The van der Waals surface area contributed by atoms with E-state index in [4.69, 9.17) is 4.42 Å². The van der Waals surface area contributed by atoms with Crippen LogP contribution >= 0.6 is 0 Å². The first-order valence-corrected chi connectivity index (χ1v) is 16.5. The molecule has 245 valence electrons. The molecule has 0 saturated heterocycles. The molecule has 6 aromatic rings. The summed E-state index contributed by atoms with van der Waals surface area (Å²) in [5.74, 6) is 0.547. The van der Waals surface area contributed by atoms with Crippen LogP contribution in [0.4, 0.5) is 0 Å². The van der Waals surface area contributed by atoms with Crippen LogP contribution in [0.1, 0.15) is 64.5 Å². The number of hydrogen-bond acceptors (Lipinski definition) is 4. The van der Waals surface area contributed by atoms with Crippen LogP contribution < -0.4 is 0 Å². The van der Waals surface area contributed by atoms with E-state index in [2.05, 4.69) is 91.6 Å². The van der Waals surface area contributed by atoms with Crippen LogP contribution in [0.2, 0.25) is 0 Å². The Kier molecular flexibility index (Phi) is 12.3. The van der Waals surface area contributed by atoms with E-state index < -0.39 is 0 Å². The van der Waals surface area contributed by atoms with Crippen molar-refractivity contribution in [3.8, 4) is 22.4 Å². The summed E-state index contributed by atoms with van der Waals surface area (Å²) < 4.78 is 6.08. The van der Waals surface area contributed by atoms with E-state index in [-0.39, 0.29) is 43.5 Å². The number of pyridine rings is 1. The average Bonchev–Trinajstić information content (AvgIpc) is 3.46. The minimum Gasteiger partial charge on any atom is -0.512 e. The van der Waals surface area contributed by atoms with Gasteiger partial charge >= 0.3 is 0 Å². The van der Waals surface area contributed by atoms with Gasteiger partial charge in [-0.15, -0.1) is 29.8 Å². The van der Waals surface area contributed by atoms with Gasteiger partial charge in [0.2, 0.25) is 0 Å². The van der Waals surface area contributed by atoms with Crippen LogP contribution in [0.15, 0.2) is 101 Å². The molecule has 0 aliphatic rings. The fraction of sp³-hybridized carbons (Fsp3) is 0.286. The van der Waals surface area contributed by atoms with Crippen molar-refractivity contribution in [1.29, 1.82) is 0 Å². The number of para-hydroxylation sites is 1. The van der Waals surface area contributed by atoms with Crippen LogP contribution in [-0.2, 0) is 24.9 Å². The zero-order valence-electron chi connectivity index (χ0n) is 28.2. The molecule has 47 heavy (non-hydrogen) atoms. The number of ketones is 1. The quantitative estimate of drug-likeness (QED) is 0.0898. The maximum atomic E-state index is 11.7. The summed E-state index contributed by atoms with van der Waals surface area (Å²) in [6.45, 7) is 12.3. The smallest absolute Gasteiger partial charge is 0.162 e. The number of rotatable bonds is 9. The molecule has 2 aromatic heterocycles. The van der Waals surface area contributed by atoms with Gasteiger partial charge in [0.25, 0.3) is 0 Å². The van der Waals surface area contributed by atoms with Gasteiger partial charge in [-0.25, -0.2) is 0 Å². The van der Waals surface area contributed by atoms with Gasteiger partial charge in [-0.1, -0.05) is 92.9 Å². The van der Waals surface area contributed by atoms with Crippen molar-refractivity contribution in [2.45, 2.75) is 67.2 Å². The SMILES string of the molecule is CCC(CC)C(=O)/C=C(\O)C(CC)CC.Cc1cnc(-c2[c-]cc(-c3cccc4c3ccc3oc5ccccc5c34)cc2)cc1C.[Ir]. The molecule has 0 unspecified atom stereocenters. The molecule has 4 nitrogen and oxygen atoms in total. The summed E-state index contributed by atoms with van der Waals surface area (Å²) in [7, 11) is 0. The van der Waals surface area contributed by atoms with Gasteiger partial charge in [0.1, 0.15) is 11.2 Å². The number of aliphatic hydroxyl groups excluding tert-OH is 1. The number of aryl methyl sites for hydroxylation is 2. The minimum absolute atomic E-state index is 0. The molecule has 5 heteroatoms. The second-order valence-corrected chi connectivity index (χ2v) is 12.1. The van der Waals surface area contributed by atoms with E-state index in [1.165, 1.54) is 38.9 Å². The van der Waals surface area contributed by atoms with Crippen LogP contribution in [0, 0.1) is 31.7 Å². The summed E-state index contributed by atoms with van der Waals surface area (Å²) in [6, 6.07) is 30.9. The molecular weight excluding hydrogens is 759 g/mol. The van der Waals surface area contributed by atoms with Crippen molar-refractivity contribution in [2.24, 2.45) is 11.8 Å². The third-order valence-electron chi connectivity index (χ3n) is 9.25. The van der Waals surface area contributed by atoms with Crippen molar-refractivity contribution in [1.82, 2.24) is 4.98 Å². The molecule has 0 spiro atoms. The summed E-state index contributed by atoms with van der Waals surface area (Å²) in [6.07, 6.45) is 6.83. The minimum atomic E-state index is 0. The Labute approximate surface area is 292 Å². The molecule has 1 radical (unpaired) electrons. The summed E-state index contributed by atoms with van der Waals surface area (Å²) in [5.41, 5.74) is 8.60. The molecule has 0 fully saturated rings. The number of aromatic nitrogens is 1. The second-order valence-electron chi connectivity index (χ2n) is 12.1. The summed E-state index contributed by atoms with van der Waals surface area (Å²) in [5, 5.41) is 14.5. The number of hydrogen-bond donors (Lipinski definition) is 1. The second kappa shape index (κ2) is 16.2. The molecule has 4 aromatic carbocycles. The van der Waals surface area contributed by atoms with Crippen LogP contribution in [-0.4, -0.2) is 15.9 Å². The van der Waals surface area contributed by atoms with E-state index in [1.807, 2.05) is 46.0 Å². The van der Waals surface area contributed by atoms with Gasteiger partial charge in [0, 0.05) is 55.0 Å². The van der Waals surface area contributed by atoms with Crippen LogP contribution in [0.5, 0.6) is 0 Å². The van der Waals surface area contributed by atoms with Crippen molar-refractivity contribution in [3.63, 3.8) is 0 Å². The van der Waals surface area contributed by atoms with Gasteiger partial charge in [-0.3, -0.25) is 4.79 Å². The third kappa shape index (κ3) is 7.75. The number of furan rings is 1. The van der Waals surface area contributed by atoms with Crippen molar-refractivity contribution < 1.29 is 34.4 Å². The van der Waals surface area contributed by atoms with E-state index in [0.29, 0.717) is 0 Å². The molecule has 1 N–H and O–H groups in total. The Morgan fingerprint density at radius 1 is 0.809 bits per heavy atom. The summed E-state index contributed by atoms with van der Waals surface area (Å²) >= 11 is 0. The molecule has 2 heterocycles. The number of carbonyl (C=O) groups excluding carboxylic acids is 1. The Morgan fingerprint density at radius 3 is 2.17 bits per heavy atom. The van der Waals surface area contributed by atoms with Crippen molar-refractivity contribution in [2.75, 3.05) is 0 Å². The largest absolute Gasteiger partial charge is 0.512 e. The number of carbonyl (C=O) groups is 1. The molecule has 0 bridgehead atoms. The van der Waals surface area contributed by atoms with E-state index in [9.17, 15) is 9.90 Å². The predicted octanol–water partition coefficient (Wildman–Crippen LogP) is 11.8. The number of aliphatic hydroxyl groups is 1. The fourth-order valence-corrected chi connectivity index (χ4v) is 6.14. The zero-order valence-corrected chi connectivity index (χ0v) is 30.6. The zero-order chi connectivity index (χ0) is 32.8. The molecule has 0 amide bonds. The Hall–Kier alpha value is -4.05. The monoisotopic (exact) mass is 803 g/mol. The Balaban J connectivity index is 0.000000269. The molecule has 0 atom stereocenters. The summed E-state index contributed by atoms with van der Waals surface area (Å²) in [4.78, 5) is 16.3. The normalized spacial score (nSPS) is 11.6. The number of nitrogens with zero attached hydrogens (tertiary/aromatic N) is 1. The predicted molar refractivity (Wildman–Crippen MR) is 192 cm³/mol.